The van der Waals surface area contributed by atoms with E-state index in [4.69, 9.17) is 9.47 Å². The largest absolute Gasteiger partial charge is 0.496 e. The number of hydrogen-bond donors (Lipinski definition) is 0. The molecule has 0 aliphatic heterocycles. The highest BCUT2D eigenvalue weighted by Crippen LogP contribution is 2.33. The van der Waals surface area contributed by atoms with Crippen molar-refractivity contribution in [3.8, 4) is 33.8 Å². The normalized spacial score (nSPS) is 11.5. The van der Waals surface area contributed by atoms with Gasteiger partial charge in [-0.15, -0.1) is 0 Å². The van der Waals surface area contributed by atoms with E-state index in [1.807, 2.05) is 24.3 Å². The van der Waals surface area contributed by atoms with Gasteiger partial charge in [0.05, 0.1) is 14.2 Å². The Bertz CT molecular complexity index is 1100. The highest BCUT2D eigenvalue weighted by molar-refractivity contribution is 7.48. The summed E-state index contributed by atoms with van der Waals surface area (Å²) in [6, 6.07) is 34.1. The number of para-hydroxylation sites is 2. The quantitative estimate of drug-likeness (QED) is 0.188. The molecule has 2 unspecified atom stereocenters. The van der Waals surface area contributed by atoms with Crippen LogP contribution in [-0.2, 0) is 0 Å². The molecule has 0 radical (unpaired) electrons. The number of benzene rings is 4. The molecular weight excluding hydrogens is 442 g/mol. The van der Waals surface area contributed by atoms with Crippen LogP contribution in [0.4, 0.5) is 0 Å². The van der Waals surface area contributed by atoms with E-state index in [2.05, 4.69) is 72.8 Å². The van der Waals surface area contributed by atoms with Gasteiger partial charge >= 0.3 is 0 Å². The van der Waals surface area contributed by atoms with E-state index in [0.717, 1.165) is 28.7 Å². The van der Waals surface area contributed by atoms with Gasteiger partial charge in [0.25, 0.3) is 0 Å². The third-order valence-corrected chi connectivity index (χ3v) is 8.47. The van der Waals surface area contributed by atoms with Gasteiger partial charge in [-0.05, 0) is 52.6 Å². The van der Waals surface area contributed by atoms with Gasteiger partial charge in [0.2, 0.25) is 0 Å². The maximum Gasteiger partial charge on any atom is 0.126 e. The first-order valence-electron chi connectivity index (χ1n) is 11.2. The lowest BCUT2D eigenvalue weighted by Gasteiger charge is -2.14. The molecule has 4 heteroatoms. The van der Waals surface area contributed by atoms with E-state index in [1.165, 1.54) is 51.6 Å². The zero-order valence-corrected chi connectivity index (χ0v) is 21.2. The smallest absolute Gasteiger partial charge is 0.126 e. The maximum absolute atomic E-state index is 5.61. The van der Waals surface area contributed by atoms with Crippen LogP contribution >= 0.6 is 17.2 Å². The highest BCUT2D eigenvalue weighted by Gasteiger charge is 2.11. The van der Waals surface area contributed by atoms with Gasteiger partial charge in [-0.1, -0.05) is 102 Å². The molecule has 2 nitrogen and oxygen atoms in total. The summed E-state index contributed by atoms with van der Waals surface area (Å²) in [5, 5.41) is 2.83. The molecule has 0 spiro atoms. The van der Waals surface area contributed by atoms with Crippen LogP contribution in [-0.4, -0.2) is 26.5 Å². The molecule has 0 aliphatic carbocycles. The molecule has 2 atom stereocenters. The Labute approximate surface area is 200 Å². The summed E-state index contributed by atoms with van der Waals surface area (Å²) in [7, 11) is 5.07. The summed E-state index contributed by atoms with van der Waals surface area (Å²) in [6.07, 6.45) is 3.63. The summed E-state index contributed by atoms with van der Waals surface area (Å²) in [4.78, 5) is 0. The average Bonchev–Trinajstić information content (AvgIpc) is 2.89. The lowest BCUT2D eigenvalue weighted by atomic mass is 10.0. The molecule has 4 rings (SSSR count). The average molecular weight is 473 g/mol. The fourth-order valence-electron chi connectivity index (χ4n) is 4.01. The zero-order chi connectivity index (χ0) is 22.9. The van der Waals surface area contributed by atoms with Crippen molar-refractivity contribution in [1.29, 1.82) is 0 Å². The number of rotatable bonds is 10. The molecule has 0 bridgehead atoms. The second-order valence-corrected chi connectivity index (χ2v) is 10.5. The molecular formula is C29H30O2P2. The molecule has 0 aliphatic rings. The Hall–Kier alpha value is -2.66. The number of ether oxygens (including phenoxy) is 2. The predicted octanol–water partition coefficient (Wildman–Crippen LogP) is 6.74. The van der Waals surface area contributed by atoms with Gasteiger partial charge in [-0.3, -0.25) is 0 Å². The molecule has 33 heavy (non-hydrogen) atoms. The fraction of sp³-hybridized carbons (Fsp3) is 0.172. The van der Waals surface area contributed by atoms with Crippen LogP contribution in [0.15, 0.2) is 97.1 Å². The number of methoxy groups -OCH3 is 2. The van der Waals surface area contributed by atoms with Crippen LogP contribution < -0.4 is 20.1 Å². The van der Waals surface area contributed by atoms with Crippen molar-refractivity contribution in [3.05, 3.63) is 97.1 Å². The van der Waals surface area contributed by atoms with Crippen molar-refractivity contribution in [2.75, 3.05) is 26.5 Å². The minimum atomic E-state index is 0.791. The van der Waals surface area contributed by atoms with E-state index in [9.17, 15) is 0 Å². The van der Waals surface area contributed by atoms with Gasteiger partial charge in [-0.2, -0.15) is 0 Å². The summed E-state index contributed by atoms with van der Waals surface area (Å²) >= 11 is 0. The van der Waals surface area contributed by atoms with E-state index in [1.54, 1.807) is 14.2 Å². The van der Waals surface area contributed by atoms with Crippen LogP contribution in [0.3, 0.4) is 0 Å². The minimum Gasteiger partial charge on any atom is -0.496 e. The molecule has 0 amide bonds. The Kier molecular flexibility index (Phi) is 8.53. The number of hydrogen-bond acceptors (Lipinski definition) is 2. The third-order valence-electron chi connectivity index (χ3n) is 5.63. The Balaban J connectivity index is 1.39. The Morgan fingerprint density at radius 2 is 0.848 bits per heavy atom. The SMILES string of the molecule is COc1ccccc1-c1ccccc1PCCCPc1ccccc1-c1ccccc1OC. The molecule has 0 heterocycles. The van der Waals surface area contributed by atoms with Crippen LogP contribution in [0.2, 0.25) is 0 Å². The van der Waals surface area contributed by atoms with Crippen LogP contribution in [0.1, 0.15) is 6.42 Å². The first-order chi connectivity index (χ1) is 16.3. The standard InChI is InChI=1S/C29H30O2P2/c1-30-26-16-7-3-12-22(26)24-14-5-9-18-28(24)32-20-11-21-33-29-19-10-6-15-25(29)23-13-4-8-17-27(23)31-2/h3-10,12-19,32-33H,11,20-21H2,1-2H3. The second-order valence-electron chi connectivity index (χ2n) is 7.70. The van der Waals surface area contributed by atoms with Gasteiger partial charge < -0.3 is 9.47 Å². The van der Waals surface area contributed by atoms with E-state index >= 15 is 0 Å². The van der Waals surface area contributed by atoms with Crippen LogP contribution in [0.25, 0.3) is 22.3 Å². The zero-order valence-electron chi connectivity index (χ0n) is 19.2. The lowest BCUT2D eigenvalue weighted by molar-refractivity contribution is 0.416. The summed E-state index contributed by atoms with van der Waals surface area (Å²) < 4.78 is 11.2. The monoisotopic (exact) mass is 472 g/mol. The molecule has 168 valence electrons. The molecule has 0 aromatic heterocycles. The Morgan fingerprint density at radius 1 is 0.485 bits per heavy atom. The van der Waals surface area contributed by atoms with Crippen LogP contribution in [0.5, 0.6) is 11.5 Å². The first-order valence-corrected chi connectivity index (χ1v) is 13.7. The van der Waals surface area contributed by atoms with E-state index in [0.29, 0.717) is 0 Å². The van der Waals surface area contributed by atoms with Gasteiger partial charge in [0.1, 0.15) is 11.5 Å². The van der Waals surface area contributed by atoms with Crippen molar-refractivity contribution in [2.24, 2.45) is 0 Å². The van der Waals surface area contributed by atoms with Gasteiger partial charge in [0.15, 0.2) is 0 Å². The highest BCUT2D eigenvalue weighted by atomic mass is 31.1. The summed E-state index contributed by atoms with van der Waals surface area (Å²) in [5.41, 5.74) is 4.93. The van der Waals surface area contributed by atoms with Crippen molar-refractivity contribution in [2.45, 2.75) is 6.42 Å². The second kappa shape index (κ2) is 12.0. The van der Waals surface area contributed by atoms with Crippen molar-refractivity contribution in [1.82, 2.24) is 0 Å². The van der Waals surface area contributed by atoms with Gasteiger partial charge in [-0.25, -0.2) is 0 Å². The summed E-state index contributed by atoms with van der Waals surface area (Å²) in [6.45, 7) is 0. The van der Waals surface area contributed by atoms with Crippen molar-refractivity contribution >= 4 is 27.8 Å². The molecule has 4 aromatic carbocycles. The Morgan fingerprint density at radius 3 is 1.27 bits per heavy atom. The molecule has 0 saturated carbocycles. The van der Waals surface area contributed by atoms with E-state index < -0.39 is 0 Å². The third kappa shape index (κ3) is 5.83. The molecule has 0 fully saturated rings. The molecule has 0 saturated heterocycles. The predicted molar refractivity (Wildman–Crippen MR) is 147 cm³/mol. The maximum atomic E-state index is 5.61. The van der Waals surface area contributed by atoms with Gasteiger partial charge in [0, 0.05) is 11.1 Å². The van der Waals surface area contributed by atoms with Crippen molar-refractivity contribution in [3.63, 3.8) is 0 Å². The summed E-state index contributed by atoms with van der Waals surface area (Å²) in [5.74, 6) is 1.87. The fourth-order valence-corrected chi connectivity index (χ4v) is 6.86. The van der Waals surface area contributed by atoms with Crippen molar-refractivity contribution < 1.29 is 9.47 Å². The topological polar surface area (TPSA) is 18.5 Å². The lowest BCUT2D eigenvalue weighted by Crippen LogP contribution is -2.04. The molecule has 4 aromatic rings. The molecule has 0 N–H and O–H groups in total. The minimum absolute atomic E-state index is 0.791. The first kappa shape index (κ1) is 23.5. The van der Waals surface area contributed by atoms with Crippen LogP contribution in [0, 0.1) is 0 Å². The van der Waals surface area contributed by atoms with E-state index in [-0.39, 0.29) is 0 Å².